The van der Waals surface area contributed by atoms with Gasteiger partial charge in [0.25, 0.3) is 0 Å². The van der Waals surface area contributed by atoms with Crippen molar-refractivity contribution in [1.82, 2.24) is 10.2 Å². The van der Waals surface area contributed by atoms with E-state index >= 15 is 0 Å². The maximum Gasteiger partial charge on any atom is 0.176 e. The number of hydrogen-bond donors (Lipinski definition) is 2. The van der Waals surface area contributed by atoms with Crippen LogP contribution in [0.25, 0.3) is 0 Å². The normalized spacial score (nSPS) is 32.3. The lowest BCUT2D eigenvalue weighted by molar-refractivity contribution is -0.181. The molecule has 5 atom stereocenters. The average Bonchev–Trinajstić information content (AvgIpc) is 3.04. The van der Waals surface area contributed by atoms with Crippen LogP contribution in [0.2, 0.25) is 0 Å². The van der Waals surface area contributed by atoms with Crippen LogP contribution in [-0.4, -0.2) is 67.4 Å². The van der Waals surface area contributed by atoms with Gasteiger partial charge in [0.15, 0.2) is 6.29 Å². The van der Waals surface area contributed by atoms with E-state index in [9.17, 15) is 5.11 Å². The summed E-state index contributed by atoms with van der Waals surface area (Å²) in [6.07, 6.45) is -0.994. The monoisotopic (exact) mass is 336 g/mol. The highest BCUT2D eigenvalue weighted by Gasteiger charge is 2.51. The Labute approximate surface area is 143 Å². The van der Waals surface area contributed by atoms with E-state index in [1.807, 2.05) is 24.3 Å². The summed E-state index contributed by atoms with van der Waals surface area (Å²) >= 11 is 0. The standard InChI is InChI=1S/C18H28N2O4/c1-4-20(5-2)16-17(21)15(14-11-23-18(16)24-14)19-10-12-8-6-7-9-13(12)22-3/h6-9,14-19,21H,4-5,10-11H2,1-3H3. The first-order valence-corrected chi connectivity index (χ1v) is 8.74. The van der Waals surface area contributed by atoms with Crippen LogP contribution in [0.5, 0.6) is 5.75 Å². The van der Waals surface area contributed by atoms with Crippen LogP contribution in [0.1, 0.15) is 19.4 Å². The summed E-state index contributed by atoms with van der Waals surface area (Å²) in [6, 6.07) is 7.59. The fourth-order valence-electron chi connectivity index (χ4n) is 3.76. The number of likely N-dealkylation sites (N-methyl/N-ethyl adjacent to an activating group) is 1. The maximum atomic E-state index is 11.0. The molecule has 0 spiro atoms. The predicted molar refractivity (Wildman–Crippen MR) is 91.0 cm³/mol. The van der Waals surface area contributed by atoms with Crippen molar-refractivity contribution in [3.8, 4) is 5.75 Å². The molecule has 2 bridgehead atoms. The number of fused-ring (bicyclic) bond motifs is 2. The minimum atomic E-state index is -0.536. The van der Waals surface area contributed by atoms with E-state index in [0.717, 1.165) is 24.4 Å². The Morgan fingerprint density at radius 1 is 1.29 bits per heavy atom. The zero-order valence-electron chi connectivity index (χ0n) is 14.6. The molecule has 6 nitrogen and oxygen atoms in total. The molecule has 6 heteroatoms. The molecule has 2 heterocycles. The van der Waals surface area contributed by atoms with Crippen LogP contribution >= 0.6 is 0 Å². The molecule has 1 aromatic rings. The lowest BCUT2D eigenvalue weighted by atomic mass is 9.94. The summed E-state index contributed by atoms with van der Waals surface area (Å²) in [4.78, 5) is 2.20. The van der Waals surface area contributed by atoms with Gasteiger partial charge in [0.2, 0.25) is 0 Å². The molecule has 0 saturated carbocycles. The molecule has 0 aromatic heterocycles. The molecule has 2 fully saturated rings. The second-order valence-corrected chi connectivity index (χ2v) is 6.30. The quantitative estimate of drug-likeness (QED) is 0.774. The highest BCUT2D eigenvalue weighted by Crippen LogP contribution is 2.31. The van der Waals surface area contributed by atoms with Gasteiger partial charge in [-0.1, -0.05) is 32.0 Å². The topological polar surface area (TPSA) is 63.2 Å². The molecule has 24 heavy (non-hydrogen) atoms. The third kappa shape index (κ3) is 3.30. The maximum absolute atomic E-state index is 11.0. The summed E-state index contributed by atoms with van der Waals surface area (Å²) in [6.45, 7) is 7.02. The van der Waals surface area contributed by atoms with Crippen molar-refractivity contribution in [2.24, 2.45) is 0 Å². The Kier molecular flexibility index (Phi) is 5.73. The number of aliphatic hydroxyl groups excluding tert-OH is 1. The van der Waals surface area contributed by atoms with E-state index in [-0.39, 0.29) is 24.5 Å². The van der Waals surface area contributed by atoms with Crippen molar-refractivity contribution in [3.63, 3.8) is 0 Å². The molecule has 0 aliphatic carbocycles. The molecule has 1 aromatic carbocycles. The van der Waals surface area contributed by atoms with Gasteiger partial charge in [0.1, 0.15) is 11.9 Å². The third-order valence-corrected chi connectivity index (χ3v) is 5.09. The number of benzene rings is 1. The van der Waals surface area contributed by atoms with E-state index in [1.165, 1.54) is 0 Å². The predicted octanol–water partition coefficient (Wildman–Crippen LogP) is 0.980. The molecule has 3 rings (SSSR count). The highest BCUT2D eigenvalue weighted by molar-refractivity contribution is 5.33. The Morgan fingerprint density at radius 3 is 2.75 bits per heavy atom. The molecule has 0 radical (unpaired) electrons. The fraction of sp³-hybridized carbons (Fsp3) is 0.667. The molecule has 2 aliphatic rings. The zero-order valence-corrected chi connectivity index (χ0v) is 14.6. The lowest BCUT2D eigenvalue weighted by Crippen LogP contribution is -2.64. The number of hydrogen-bond acceptors (Lipinski definition) is 6. The Morgan fingerprint density at radius 2 is 2.04 bits per heavy atom. The van der Waals surface area contributed by atoms with E-state index < -0.39 is 6.10 Å². The number of ether oxygens (including phenoxy) is 3. The highest BCUT2D eigenvalue weighted by atomic mass is 16.7. The van der Waals surface area contributed by atoms with Crippen molar-refractivity contribution >= 4 is 0 Å². The van der Waals surface area contributed by atoms with Gasteiger partial charge in [-0.2, -0.15) is 0 Å². The van der Waals surface area contributed by atoms with Gasteiger partial charge in [-0.25, -0.2) is 0 Å². The van der Waals surface area contributed by atoms with Crippen molar-refractivity contribution in [2.45, 2.75) is 51.0 Å². The number of nitrogens with zero attached hydrogens (tertiary/aromatic N) is 1. The van der Waals surface area contributed by atoms with Crippen LogP contribution < -0.4 is 10.1 Å². The van der Waals surface area contributed by atoms with E-state index in [0.29, 0.717) is 13.2 Å². The Bertz CT molecular complexity index is 536. The Balaban J connectivity index is 1.72. The van der Waals surface area contributed by atoms with Gasteiger partial charge in [-0.15, -0.1) is 0 Å². The third-order valence-electron chi connectivity index (χ3n) is 5.09. The number of aliphatic hydroxyl groups is 1. The molecular formula is C18H28N2O4. The van der Waals surface area contributed by atoms with Gasteiger partial charge < -0.3 is 24.6 Å². The summed E-state index contributed by atoms with van der Waals surface area (Å²) in [5, 5.41) is 14.4. The summed E-state index contributed by atoms with van der Waals surface area (Å²) in [7, 11) is 1.67. The van der Waals surface area contributed by atoms with Crippen molar-refractivity contribution < 1.29 is 19.3 Å². The molecule has 2 saturated heterocycles. The van der Waals surface area contributed by atoms with E-state index in [4.69, 9.17) is 14.2 Å². The number of nitrogens with one attached hydrogen (secondary N) is 1. The molecule has 5 unspecified atom stereocenters. The van der Waals surface area contributed by atoms with Crippen LogP contribution in [0.4, 0.5) is 0 Å². The molecule has 0 amide bonds. The van der Waals surface area contributed by atoms with Crippen molar-refractivity contribution in [1.29, 1.82) is 0 Å². The van der Waals surface area contributed by atoms with Gasteiger partial charge in [0, 0.05) is 12.1 Å². The molecule has 2 N–H and O–H groups in total. The number of methoxy groups -OCH3 is 1. The summed E-state index contributed by atoms with van der Waals surface area (Å²) in [5.74, 6) is 0.844. The summed E-state index contributed by atoms with van der Waals surface area (Å²) in [5.41, 5.74) is 1.06. The second-order valence-electron chi connectivity index (χ2n) is 6.30. The lowest BCUT2D eigenvalue weighted by Gasteiger charge is -2.43. The van der Waals surface area contributed by atoms with E-state index in [1.54, 1.807) is 7.11 Å². The van der Waals surface area contributed by atoms with Gasteiger partial charge in [0.05, 0.1) is 31.9 Å². The SMILES string of the molecule is CCN(CC)C1C2OCC(O2)C(NCc2ccccc2OC)C1O. The Hall–Kier alpha value is -1.18. The first-order valence-electron chi connectivity index (χ1n) is 8.74. The minimum Gasteiger partial charge on any atom is -0.496 e. The molecule has 2 aliphatic heterocycles. The first-order chi connectivity index (χ1) is 11.7. The number of para-hydroxylation sites is 1. The first kappa shape index (κ1) is 17.6. The van der Waals surface area contributed by atoms with Crippen molar-refractivity contribution in [3.05, 3.63) is 29.8 Å². The minimum absolute atomic E-state index is 0.119. The van der Waals surface area contributed by atoms with Crippen LogP contribution in [0.3, 0.4) is 0 Å². The zero-order chi connectivity index (χ0) is 17.1. The largest absolute Gasteiger partial charge is 0.496 e. The van der Waals surface area contributed by atoms with Crippen LogP contribution in [0.15, 0.2) is 24.3 Å². The van der Waals surface area contributed by atoms with Gasteiger partial charge >= 0.3 is 0 Å². The smallest absolute Gasteiger partial charge is 0.176 e. The second kappa shape index (κ2) is 7.80. The van der Waals surface area contributed by atoms with Gasteiger partial charge in [-0.05, 0) is 19.2 Å². The van der Waals surface area contributed by atoms with Crippen LogP contribution in [-0.2, 0) is 16.0 Å². The molecular weight excluding hydrogens is 308 g/mol. The number of rotatable bonds is 7. The van der Waals surface area contributed by atoms with Gasteiger partial charge in [-0.3, -0.25) is 4.90 Å². The average molecular weight is 336 g/mol. The van der Waals surface area contributed by atoms with E-state index in [2.05, 4.69) is 24.1 Å². The fourth-order valence-corrected chi connectivity index (χ4v) is 3.76. The van der Waals surface area contributed by atoms with Crippen molar-refractivity contribution in [2.75, 3.05) is 26.8 Å². The summed E-state index contributed by atoms with van der Waals surface area (Å²) < 4.78 is 17.2. The van der Waals surface area contributed by atoms with Crippen LogP contribution in [0, 0.1) is 0 Å². The molecule has 134 valence electrons.